The van der Waals surface area contributed by atoms with Crippen molar-refractivity contribution in [3.8, 4) is 23.0 Å². The largest absolute Gasteiger partial charge is 0.507 e. The van der Waals surface area contributed by atoms with Crippen LogP contribution >= 0.6 is 0 Å². The fraction of sp³-hybridized carbons (Fsp3) is 0.594. The van der Waals surface area contributed by atoms with E-state index in [1.165, 1.54) is 44.6 Å². The van der Waals surface area contributed by atoms with Gasteiger partial charge in [0.05, 0.1) is 24.3 Å². The van der Waals surface area contributed by atoms with Crippen LogP contribution in [0.25, 0.3) is 0 Å². The van der Waals surface area contributed by atoms with Gasteiger partial charge in [-0.2, -0.15) is 0 Å². The molecule has 2 aromatic rings. The highest BCUT2D eigenvalue weighted by Crippen LogP contribution is 2.47. The van der Waals surface area contributed by atoms with E-state index < -0.39 is 54.4 Å². The van der Waals surface area contributed by atoms with E-state index in [4.69, 9.17) is 9.47 Å². The smallest absolute Gasteiger partial charge is 0.197 e. The second kappa shape index (κ2) is 14.5. The van der Waals surface area contributed by atoms with Crippen molar-refractivity contribution in [1.82, 2.24) is 0 Å². The third kappa shape index (κ3) is 6.84. The molecule has 2 aliphatic rings. The van der Waals surface area contributed by atoms with Crippen molar-refractivity contribution >= 4 is 5.78 Å². The lowest BCUT2D eigenvalue weighted by Crippen LogP contribution is -2.55. The first-order chi connectivity index (χ1) is 20.2. The van der Waals surface area contributed by atoms with Crippen LogP contribution in [0.5, 0.6) is 23.0 Å². The molecule has 42 heavy (non-hydrogen) atoms. The highest BCUT2D eigenvalue weighted by Gasteiger charge is 2.47. The molecule has 2 aromatic carbocycles. The first-order valence-electron chi connectivity index (χ1n) is 15.1. The minimum atomic E-state index is -1.70. The van der Waals surface area contributed by atoms with Gasteiger partial charge in [-0.05, 0) is 42.2 Å². The van der Waals surface area contributed by atoms with Gasteiger partial charge in [-0.3, -0.25) is 4.79 Å². The van der Waals surface area contributed by atoms with E-state index in [1.807, 2.05) is 0 Å². The van der Waals surface area contributed by atoms with Crippen LogP contribution < -0.4 is 4.74 Å². The molecule has 1 saturated heterocycles. The maximum Gasteiger partial charge on any atom is 0.197 e. The molecule has 232 valence electrons. The number of carbonyl (C=O) groups excluding carboxylic acids is 1. The predicted molar refractivity (Wildman–Crippen MR) is 154 cm³/mol. The van der Waals surface area contributed by atoms with Crippen LogP contribution in [0.15, 0.2) is 18.2 Å². The van der Waals surface area contributed by atoms with E-state index in [1.54, 1.807) is 6.07 Å². The first-order valence-corrected chi connectivity index (χ1v) is 15.1. The fourth-order valence-corrected chi connectivity index (χ4v) is 5.93. The molecule has 0 spiro atoms. The summed E-state index contributed by atoms with van der Waals surface area (Å²) in [6.07, 6.45) is 3.93. The Morgan fingerprint density at radius 1 is 0.810 bits per heavy atom. The number of aliphatic hydroxyl groups excluding tert-OH is 4. The minimum absolute atomic E-state index is 0.0717. The first kappa shape index (κ1) is 32.0. The number of benzene rings is 2. The highest BCUT2D eigenvalue weighted by molar-refractivity contribution is 6.14. The van der Waals surface area contributed by atoms with Crippen molar-refractivity contribution in [3.63, 3.8) is 0 Å². The molecule has 7 N–H and O–H groups in total. The van der Waals surface area contributed by atoms with Crippen molar-refractivity contribution < 1.29 is 50.0 Å². The number of phenolic OH excluding ortho intramolecular Hbond substituents is 3. The number of phenols is 3. The van der Waals surface area contributed by atoms with Crippen LogP contribution in [0.3, 0.4) is 0 Å². The average molecular weight is 589 g/mol. The molecular weight excluding hydrogens is 544 g/mol. The second-order valence-electron chi connectivity index (χ2n) is 11.5. The van der Waals surface area contributed by atoms with Crippen molar-refractivity contribution in [2.24, 2.45) is 0 Å². The number of hydrogen-bond acceptors (Lipinski definition) is 10. The monoisotopic (exact) mass is 588 g/mol. The van der Waals surface area contributed by atoms with Gasteiger partial charge in [0, 0.05) is 5.56 Å². The van der Waals surface area contributed by atoms with Crippen LogP contribution in [0.4, 0.5) is 0 Å². The van der Waals surface area contributed by atoms with Gasteiger partial charge in [0.2, 0.25) is 0 Å². The second-order valence-corrected chi connectivity index (χ2v) is 11.5. The molecule has 1 heterocycles. The summed E-state index contributed by atoms with van der Waals surface area (Å²) in [5.41, 5.74) is 0.834. The quantitative estimate of drug-likeness (QED) is 0.108. The van der Waals surface area contributed by atoms with E-state index in [0.29, 0.717) is 17.7 Å². The Morgan fingerprint density at radius 2 is 1.43 bits per heavy atom. The Bertz CT molecular complexity index is 1230. The summed E-state index contributed by atoms with van der Waals surface area (Å²) in [5, 5.41) is 72.7. The summed E-state index contributed by atoms with van der Waals surface area (Å²) in [7, 11) is 0. The van der Waals surface area contributed by atoms with Gasteiger partial charge in [0.1, 0.15) is 42.0 Å². The summed E-state index contributed by atoms with van der Waals surface area (Å²) in [6, 6.07) is 4.02. The minimum Gasteiger partial charge on any atom is -0.507 e. The predicted octanol–water partition coefficient (Wildman–Crippen LogP) is 3.75. The molecule has 0 radical (unpaired) electrons. The third-order valence-electron chi connectivity index (χ3n) is 8.37. The number of carbonyl (C=O) groups is 1. The fourth-order valence-electron chi connectivity index (χ4n) is 5.93. The van der Waals surface area contributed by atoms with Gasteiger partial charge in [0.25, 0.3) is 0 Å². The summed E-state index contributed by atoms with van der Waals surface area (Å²) in [6.45, 7) is 1.84. The molecule has 0 aromatic heterocycles. The zero-order chi connectivity index (χ0) is 30.4. The normalized spacial score (nSPS) is 23.5. The SMILES string of the molecule is CCCCCCCCCCCCOc1cc2c(c(O)c1[C@H]1O[C@@H](CO)[C@H](O)[C@@H](O)[C@@H]1O)C(=O)c1cc(O)c(O)cc1C2. The maximum atomic E-state index is 13.5. The Hall–Kier alpha value is -2.89. The molecule has 1 aliphatic heterocycles. The zero-order valence-corrected chi connectivity index (χ0v) is 24.2. The van der Waals surface area contributed by atoms with Gasteiger partial charge in [-0.15, -0.1) is 0 Å². The summed E-state index contributed by atoms with van der Waals surface area (Å²) < 4.78 is 11.8. The Morgan fingerprint density at radius 3 is 2.07 bits per heavy atom. The number of unbranched alkanes of at least 4 members (excludes halogenated alkanes) is 9. The summed E-state index contributed by atoms with van der Waals surface area (Å²) in [4.78, 5) is 13.5. The van der Waals surface area contributed by atoms with Crippen molar-refractivity contribution in [1.29, 1.82) is 0 Å². The van der Waals surface area contributed by atoms with Gasteiger partial charge < -0.3 is 45.2 Å². The van der Waals surface area contributed by atoms with Crippen LogP contribution in [0.1, 0.15) is 110 Å². The van der Waals surface area contributed by atoms with Crippen LogP contribution in [0, 0.1) is 0 Å². The lowest BCUT2D eigenvalue weighted by molar-refractivity contribution is -0.232. The molecule has 4 rings (SSSR count). The number of fused-ring (bicyclic) bond motifs is 2. The molecule has 1 fully saturated rings. The number of aliphatic hydroxyl groups is 4. The van der Waals surface area contributed by atoms with Crippen molar-refractivity contribution in [2.75, 3.05) is 13.2 Å². The molecule has 10 nitrogen and oxygen atoms in total. The third-order valence-corrected chi connectivity index (χ3v) is 8.37. The number of hydrogen-bond donors (Lipinski definition) is 7. The molecule has 0 bridgehead atoms. The van der Waals surface area contributed by atoms with E-state index in [2.05, 4.69) is 6.92 Å². The lowest BCUT2D eigenvalue weighted by Gasteiger charge is -2.41. The summed E-state index contributed by atoms with van der Waals surface area (Å²) >= 11 is 0. The Kier molecular flexibility index (Phi) is 11.1. The molecule has 5 atom stereocenters. The van der Waals surface area contributed by atoms with Crippen molar-refractivity contribution in [3.05, 3.63) is 46.0 Å². The van der Waals surface area contributed by atoms with Gasteiger partial charge in [0.15, 0.2) is 17.3 Å². The molecule has 1 aliphatic carbocycles. The van der Waals surface area contributed by atoms with Crippen LogP contribution in [0.2, 0.25) is 0 Å². The number of ether oxygens (including phenoxy) is 2. The number of aromatic hydroxyl groups is 3. The molecule has 10 heteroatoms. The van der Waals surface area contributed by atoms with Crippen LogP contribution in [-0.2, 0) is 11.2 Å². The van der Waals surface area contributed by atoms with E-state index >= 15 is 0 Å². The number of rotatable bonds is 14. The molecule has 0 amide bonds. The van der Waals surface area contributed by atoms with E-state index in [9.17, 15) is 40.5 Å². The molecular formula is C32H44O10. The topological polar surface area (TPSA) is 177 Å². The standard InChI is InChI=1S/C32H44O10/c1-2-3-4-5-6-7-8-9-10-11-12-41-23-15-19-13-18-14-21(34)22(35)16-20(18)27(36)25(19)29(38)26(23)32-31(40)30(39)28(37)24(17-33)42-32/h14-16,24,28,30-35,37-40H,2-13,17H2,1H3/t24-,28-,30+,31-,32+/m0/s1. The van der Waals surface area contributed by atoms with Gasteiger partial charge in [-0.1, -0.05) is 64.7 Å². The Labute approximate surface area is 246 Å². The van der Waals surface area contributed by atoms with Gasteiger partial charge >= 0.3 is 0 Å². The zero-order valence-electron chi connectivity index (χ0n) is 24.2. The van der Waals surface area contributed by atoms with Crippen LogP contribution in [-0.4, -0.2) is 79.2 Å². The summed E-state index contributed by atoms with van der Waals surface area (Å²) in [5.74, 6) is -1.82. The maximum absolute atomic E-state index is 13.5. The molecule has 0 unspecified atom stereocenters. The molecule has 0 saturated carbocycles. The Balaban J connectivity index is 1.55. The van der Waals surface area contributed by atoms with Crippen molar-refractivity contribution in [2.45, 2.75) is 108 Å². The number of ketones is 1. The average Bonchev–Trinajstić information content (AvgIpc) is 2.96. The lowest BCUT2D eigenvalue weighted by atomic mass is 9.81. The van der Waals surface area contributed by atoms with E-state index in [-0.39, 0.29) is 34.6 Å². The van der Waals surface area contributed by atoms with E-state index in [0.717, 1.165) is 31.7 Å². The van der Waals surface area contributed by atoms with Gasteiger partial charge in [-0.25, -0.2) is 0 Å². The highest BCUT2D eigenvalue weighted by atomic mass is 16.5.